The second kappa shape index (κ2) is 11.1. The first-order valence-corrected chi connectivity index (χ1v) is 10.5. The number of ether oxygens (including phenoxy) is 1. The Morgan fingerprint density at radius 3 is 2.47 bits per heavy atom. The number of anilines is 1. The molecule has 0 unspecified atom stereocenters. The fraction of sp³-hybridized carbons (Fsp3) is 0.280. The molecule has 2 aromatic carbocycles. The topological polar surface area (TPSA) is 57.7 Å². The number of hydrogen-bond acceptors (Lipinski definition) is 5. The number of nitrogens with one attached hydrogen (secondary N) is 1. The van der Waals surface area contributed by atoms with Crippen molar-refractivity contribution in [2.45, 2.75) is 13.1 Å². The van der Waals surface area contributed by atoms with Crippen LogP contribution in [0.2, 0.25) is 0 Å². The lowest BCUT2D eigenvalue weighted by molar-refractivity contribution is -0.118. The lowest BCUT2D eigenvalue weighted by Crippen LogP contribution is -2.31. The van der Waals surface area contributed by atoms with Crippen molar-refractivity contribution >= 4 is 24.1 Å². The van der Waals surface area contributed by atoms with E-state index in [9.17, 15) is 4.79 Å². The van der Waals surface area contributed by atoms with E-state index >= 15 is 0 Å². The van der Waals surface area contributed by atoms with Crippen LogP contribution in [0.4, 0.5) is 5.82 Å². The Bertz CT molecular complexity index is 1040. The van der Waals surface area contributed by atoms with Gasteiger partial charge >= 0.3 is 0 Å². The molecule has 0 saturated heterocycles. The fourth-order valence-corrected chi connectivity index (χ4v) is 3.62. The van der Waals surface area contributed by atoms with Crippen molar-refractivity contribution < 1.29 is 9.53 Å². The Morgan fingerprint density at radius 2 is 1.69 bits per heavy atom. The number of halogens is 1. The molecule has 2 heterocycles. The van der Waals surface area contributed by atoms with Gasteiger partial charge in [0.1, 0.15) is 0 Å². The average molecular weight is 453 g/mol. The van der Waals surface area contributed by atoms with Crippen molar-refractivity contribution in [3.8, 4) is 16.9 Å². The number of nitrogens with zero attached hydrogens (tertiary/aromatic N) is 3. The molecular formula is C25H29ClN4O2. The first-order valence-electron chi connectivity index (χ1n) is 10.5. The highest BCUT2D eigenvalue weighted by Gasteiger charge is 2.18. The molecule has 1 N–H and O–H groups in total. The van der Waals surface area contributed by atoms with Crippen LogP contribution in [0.15, 0.2) is 66.9 Å². The smallest absolute Gasteiger partial charge is 0.263 e. The number of amides is 1. The lowest BCUT2D eigenvalue weighted by Gasteiger charge is -2.24. The van der Waals surface area contributed by atoms with Gasteiger partial charge < -0.3 is 15.0 Å². The fourth-order valence-electron chi connectivity index (χ4n) is 3.62. The van der Waals surface area contributed by atoms with Crippen LogP contribution in [0, 0.1) is 0 Å². The van der Waals surface area contributed by atoms with Crippen LogP contribution in [0.25, 0.3) is 11.1 Å². The molecular weight excluding hydrogens is 424 g/mol. The summed E-state index contributed by atoms with van der Waals surface area (Å²) in [6, 6.07) is 21.1. The Morgan fingerprint density at radius 1 is 0.938 bits per heavy atom. The SMILES string of the molecule is CN(C)CCN(Cc1ccccc1)Cc1cccc(-c2cnc3c(c2)OCC(=O)N3)c1.Cl. The molecule has 0 bridgehead atoms. The molecule has 0 spiro atoms. The van der Waals surface area contributed by atoms with E-state index < -0.39 is 0 Å². The highest BCUT2D eigenvalue weighted by Crippen LogP contribution is 2.31. The maximum absolute atomic E-state index is 11.5. The van der Waals surface area contributed by atoms with Gasteiger partial charge in [-0.3, -0.25) is 9.69 Å². The van der Waals surface area contributed by atoms with E-state index in [1.165, 1.54) is 11.1 Å². The number of carbonyl (C=O) groups is 1. The largest absolute Gasteiger partial charge is 0.480 e. The maximum atomic E-state index is 11.5. The molecule has 32 heavy (non-hydrogen) atoms. The van der Waals surface area contributed by atoms with E-state index in [0.29, 0.717) is 11.6 Å². The second-order valence-corrected chi connectivity index (χ2v) is 8.11. The zero-order valence-corrected chi connectivity index (χ0v) is 19.3. The molecule has 0 saturated carbocycles. The second-order valence-electron chi connectivity index (χ2n) is 8.11. The van der Waals surface area contributed by atoms with Crippen molar-refractivity contribution in [3.63, 3.8) is 0 Å². The van der Waals surface area contributed by atoms with E-state index in [1.54, 1.807) is 6.20 Å². The van der Waals surface area contributed by atoms with Gasteiger partial charge in [0.2, 0.25) is 0 Å². The zero-order valence-electron chi connectivity index (χ0n) is 18.5. The number of pyridine rings is 1. The molecule has 4 rings (SSSR count). The van der Waals surface area contributed by atoms with Crippen molar-refractivity contribution in [2.24, 2.45) is 0 Å². The molecule has 0 fully saturated rings. The van der Waals surface area contributed by atoms with E-state index in [0.717, 1.165) is 37.3 Å². The summed E-state index contributed by atoms with van der Waals surface area (Å²) in [7, 11) is 4.21. The van der Waals surface area contributed by atoms with Crippen LogP contribution >= 0.6 is 12.4 Å². The van der Waals surface area contributed by atoms with Gasteiger partial charge in [0.15, 0.2) is 18.2 Å². The first-order chi connectivity index (χ1) is 15.1. The minimum atomic E-state index is -0.175. The van der Waals surface area contributed by atoms with Gasteiger partial charge in [-0.1, -0.05) is 48.5 Å². The summed E-state index contributed by atoms with van der Waals surface area (Å²) >= 11 is 0. The molecule has 3 aromatic rings. The van der Waals surface area contributed by atoms with Crippen LogP contribution in [-0.4, -0.2) is 54.5 Å². The van der Waals surface area contributed by atoms with E-state index in [1.807, 2.05) is 6.07 Å². The molecule has 0 radical (unpaired) electrons. The molecule has 6 nitrogen and oxygen atoms in total. The minimum Gasteiger partial charge on any atom is -0.480 e. The third-order valence-electron chi connectivity index (χ3n) is 5.25. The Kier molecular flexibility index (Phi) is 8.22. The number of benzene rings is 2. The van der Waals surface area contributed by atoms with Crippen LogP contribution in [0.5, 0.6) is 5.75 Å². The molecule has 0 aliphatic carbocycles. The highest BCUT2D eigenvalue weighted by atomic mass is 35.5. The third kappa shape index (κ3) is 6.29. The van der Waals surface area contributed by atoms with Gasteiger partial charge in [0, 0.05) is 37.9 Å². The number of carbonyl (C=O) groups excluding carboxylic acids is 1. The van der Waals surface area contributed by atoms with Gasteiger partial charge in [0.25, 0.3) is 5.91 Å². The zero-order chi connectivity index (χ0) is 21.6. The van der Waals surface area contributed by atoms with E-state index in [4.69, 9.17) is 4.74 Å². The van der Waals surface area contributed by atoms with Gasteiger partial charge in [-0.15, -0.1) is 12.4 Å². The predicted octanol–water partition coefficient (Wildman–Crippen LogP) is 4.07. The van der Waals surface area contributed by atoms with Crippen LogP contribution < -0.4 is 10.1 Å². The summed E-state index contributed by atoms with van der Waals surface area (Å²) < 4.78 is 5.53. The summed E-state index contributed by atoms with van der Waals surface area (Å²) in [5.74, 6) is 0.916. The molecule has 1 aliphatic heterocycles. The molecule has 1 amide bonds. The monoisotopic (exact) mass is 452 g/mol. The van der Waals surface area contributed by atoms with Gasteiger partial charge in [-0.2, -0.15) is 0 Å². The van der Waals surface area contributed by atoms with Crippen LogP contribution in [0.1, 0.15) is 11.1 Å². The molecule has 0 atom stereocenters. The number of fused-ring (bicyclic) bond motifs is 1. The molecule has 168 valence electrons. The number of hydrogen-bond donors (Lipinski definition) is 1. The first kappa shape index (κ1) is 23.7. The molecule has 1 aromatic heterocycles. The minimum absolute atomic E-state index is 0. The Hall–Kier alpha value is -2.93. The van der Waals surface area contributed by atoms with Crippen molar-refractivity contribution in [3.05, 3.63) is 78.0 Å². The van der Waals surface area contributed by atoms with Crippen LogP contribution in [-0.2, 0) is 17.9 Å². The molecule has 7 heteroatoms. The van der Waals surface area contributed by atoms with Crippen molar-refractivity contribution in [1.29, 1.82) is 0 Å². The van der Waals surface area contributed by atoms with Gasteiger partial charge in [-0.05, 0) is 42.9 Å². The number of rotatable bonds is 8. The van der Waals surface area contributed by atoms with Crippen molar-refractivity contribution in [1.82, 2.24) is 14.8 Å². The summed E-state index contributed by atoms with van der Waals surface area (Å²) in [5.41, 5.74) is 4.62. The highest BCUT2D eigenvalue weighted by molar-refractivity contribution is 5.94. The Labute approximate surface area is 195 Å². The third-order valence-corrected chi connectivity index (χ3v) is 5.25. The predicted molar refractivity (Wildman–Crippen MR) is 130 cm³/mol. The molecule has 1 aliphatic rings. The Balaban J connectivity index is 0.00000289. The van der Waals surface area contributed by atoms with Crippen molar-refractivity contribution in [2.75, 3.05) is 39.1 Å². The summed E-state index contributed by atoms with van der Waals surface area (Å²) in [4.78, 5) is 20.5. The van der Waals surface area contributed by atoms with Crippen LogP contribution in [0.3, 0.4) is 0 Å². The van der Waals surface area contributed by atoms with Gasteiger partial charge in [-0.25, -0.2) is 4.98 Å². The normalized spacial score (nSPS) is 12.7. The van der Waals surface area contributed by atoms with E-state index in [2.05, 4.69) is 88.8 Å². The van der Waals surface area contributed by atoms with E-state index in [-0.39, 0.29) is 24.9 Å². The average Bonchev–Trinajstić information content (AvgIpc) is 2.78. The van der Waals surface area contributed by atoms with Gasteiger partial charge in [0.05, 0.1) is 0 Å². The maximum Gasteiger partial charge on any atom is 0.263 e. The lowest BCUT2D eigenvalue weighted by atomic mass is 10.0. The summed E-state index contributed by atoms with van der Waals surface area (Å²) in [6.07, 6.45) is 1.78. The standard InChI is InChI=1S/C25H28N4O2.ClH/c1-28(2)11-12-29(16-19-7-4-3-5-8-19)17-20-9-6-10-21(13-20)22-14-23-25(26-15-22)27-24(30)18-31-23;/h3-10,13-15H,11-12,16-18H2,1-2H3,(H,26,27,30);1H. The number of aromatic nitrogens is 1. The number of likely N-dealkylation sites (N-methyl/N-ethyl adjacent to an activating group) is 1. The quantitative estimate of drug-likeness (QED) is 0.558. The summed E-state index contributed by atoms with van der Waals surface area (Å²) in [6.45, 7) is 3.79. The summed E-state index contributed by atoms with van der Waals surface area (Å²) in [5, 5.41) is 2.74.